The number of amides is 1. The highest BCUT2D eigenvalue weighted by Gasteiger charge is 2.08. The van der Waals surface area contributed by atoms with E-state index >= 15 is 0 Å². The number of hydrogen-bond acceptors (Lipinski definition) is 3. The molecule has 1 aromatic rings. The van der Waals surface area contributed by atoms with E-state index in [1.54, 1.807) is 18.2 Å². The molecule has 19 heavy (non-hydrogen) atoms. The second-order valence-electron chi connectivity index (χ2n) is 4.37. The lowest BCUT2D eigenvalue weighted by molar-refractivity contribution is -0.116. The van der Waals surface area contributed by atoms with Gasteiger partial charge in [0.15, 0.2) is 0 Å². The molecule has 1 rings (SSSR count). The lowest BCUT2D eigenvalue weighted by Crippen LogP contribution is -2.12. The lowest BCUT2D eigenvalue weighted by Gasteiger charge is -2.12. The maximum Gasteiger partial charge on any atom is 0.224 e. The maximum atomic E-state index is 11.7. The van der Waals surface area contributed by atoms with E-state index in [0.717, 1.165) is 25.5 Å². The fourth-order valence-corrected chi connectivity index (χ4v) is 1.61. The monoisotopic (exact) mass is 263 g/mol. The number of benzene rings is 1. The fourth-order valence-electron chi connectivity index (χ4n) is 1.61. The van der Waals surface area contributed by atoms with Gasteiger partial charge in [0.2, 0.25) is 5.91 Å². The molecule has 0 radical (unpaired) electrons. The van der Waals surface area contributed by atoms with Crippen LogP contribution in [-0.2, 0) is 4.79 Å². The van der Waals surface area contributed by atoms with Gasteiger partial charge in [0.25, 0.3) is 0 Å². The molecular weight excluding hydrogens is 242 g/mol. The maximum absolute atomic E-state index is 11.7. The van der Waals surface area contributed by atoms with Gasteiger partial charge in [-0.1, -0.05) is 20.3 Å². The largest absolute Gasteiger partial charge is 0.491 e. The number of ether oxygens (including phenoxy) is 1. The lowest BCUT2D eigenvalue weighted by atomic mass is 10.2. The van der Waals surface area contributed by atoms with Crippen LogP contribution in [0, 0.1) is 0 Å². The molecule has 0 aliphatic heterocycles. The van der Waals surface area contributed by atoms with E-state index in [1.807, 2.05) is 13.8 Å². The number of aldehydes is 1. The second-order valence-corrected chi connectivity index (χ2v) is 4.37. The van der Waals surface area contributed by atoms with Crippen molar-refractivity contribution >= 4 is 17.9 Å². The quantitative estimate of drug-likeness (QED) is 0.731. The highest BCUT2D eigenvalue weighted by molar-refractivity contribution is 5.93. The van der Waals surface area contributed by atoms with Crippen molar-refractivity contribution < 1.29 is 14.3 Å². The third-order valence-electron chi connectivity index (χ3n) is 2.63. The average Bonchev–Trinajstić information content (AvgIpc) is 2.43. The third kappa shape index (κ3) is 5.12. The summed E-state index contributed by atoms with van der Waals surface area (Å²) in [6.07, 6.45) is 3.95. The summed E-state index contributed by atoms with van der Waals surface area (Å²) in [4.78, 5) is 22.5. The number of unbranched alkanes of at least 4 members (excludes halogenated alkanes) is 1. The Balaban J connectivity index is 2.81. The summed E-state index contributed by atoms with van der Waals surface area (Å²) < 4.78 is 5.56. The van der Waals surface area contributed by atoms with Crippen molar-refractivity contribution in [3.8, 4) is 5.75 Å². The first-order chi connectivity index (χ1) is 9.21. The van der Waals surface area contributed by atoms with Gasteiger partial charge in [0.05, 0.1) is 12.3 Å². The molecule has 0 saturated carbocycles. The van der Waals surface area contributed by atoms with Crippen LogP contribution in [0.3, 0.4) is 0 Å². The Kier molecular flexibility index (Phi) is 6.64. The number of hydrogen-bond donors (Lipinski definition) is 1. The number of carbonyl (C=O) groups is 2. The van der Waals surface area contributed by atoms with Crippen LogP contribution < -0.4 is 10.1 Å². The van der Waals surface area contributed by atoms with Crippen molar-refractivity contribution in [1.29, 1.82) is 0 Å². The summed E-state index contributed by atoms with van der Waals surface area (Å²) in [5.74, 6) is 0.559. The molecule has 0 aliphatic rings. The molecule has 0 aliphatic carbocycles. The number of nitrogens with one attached hydrogen (secondary N) is 1. The van der Waals surface area contributed by atoms with E-state index in [-0.39, 0.29) is 5.91 Å². The zero-order valence-electron chi connectivity index (χ0n) is 11.6. The second kappa shape index (κ2) is 8.29. The predicted octanol–water partition coefficient (Wildman–Crippen LogP) is 3.42. The number of rotatable bonds is 8. The molecular formula is C15H21NO3. The summed E-state index contributed by atoms with van der Waals surface area (Å²) >= 11 is 0. The molecule has 0 heterocycles. The summed E-state index contributed by atoms with van der Waals surface area (Å²) in [7, 11) is 0. The van der Waals surface area contributed by atoms with Crippen molar-refractivity contribution in [3.05, 3.63) is 23.8 Å². The first-order valence-electron chi connectivity index (χ1n) is 6.73. The third-order valence-corrected chi connectivity index (χ3v) is 2.63. The van der Waals surface area contributed by atoms with Crippen molar-refractivity contribution in [2.45, 2.75) is 39.5 Å². The van der Waals surface area contributed by atoms with Crippen LogP contribution in [0.2, 0.25) is 0 Å². The SMILES string of the molecule is CCCCC(=O)Nc1cc(C=O)ccc1OCCC. The van der Waals surface area contributed by atoms with Crippen molar-refractivity contribution in [2.75, 3.05) is 11.9 Å². The van der Waals surface area contributed by atoms with E-state index in [4.69, 9.17) is 4.74 Å². The van der Waals surface area contributed by atoms with Crippen LogP contribution in [0.1, 0.15) is 49.9 Å². The van der Waals surface area contributed by atoms with E-state index in [1.165, 1.54) is 0 Å². The van der Waals surface area contributed by atoms with Gasteiger partial charge in [0, 0.05) is 12.0 Å². The summed E-state index contributed by atoms with van der Waals surface area (Å²) in [6.45, 7) is 4.63. The van der Waals surface area contributed by atoms with Gasteiger partial charge in [-0.3, -0.25) is 9.59 Å². The van der Waals surface area contributed by atoms with Crippen LogP contribution in [0.5, 0.6) is 5.75 Å². The van der Waals surface area contributed by atoms with Crippen LogP contribution >= 0.6 is 0 Å². The summed E-state index contributed by atoms with van der Waals surface area (Å²) in [5.41, 5.74) is 1.09. The standard InChI is InChI=1S/C15H21NO3/c1-3-5-6-15(18)16-13-10-12(11-17)7-8-14(13)19-9-4-2/h7-8,10-11H,3-6,9H2,1-2H3,(H,16,18). The van der Waals surface area contributed by atoms with Gasteiger partial charge in [-0.05, 0) is 31.0 Å². The Labute approximate surface area is 114 Å². The molecule has 0 saturated heterocycles. The van der Waals surface area contributed by atoms with E-state index in [0.29, 0.717) is 30.0 Å². The van der Waals surface area contributed by atoms with Crippen LogP contribution in [-0.4, -0.2) is 18.8 Å². The van der Waals surface area contributed by atoms with Crippen molar-refractivity contribution in [2.24, 2.45) is 0 Å². The zero-order valence-corrected chi connectivity index (χ0v) is 11.6. The van der Waals surface area contributed by atoms with Gasteiger partial charge in [-0.15, -0.1) is 0 Å². The van der Waals surface area contributed by atoms with Gasteiger partial charge in [-0.25, -0.2) is 0 Å². The molecule has 1 amide bonds. The average molecular weight is 263 g/mol. The minimum absolute atomic E-state index is 0.0498. The Morgan fingerprint density at radius 2 is 2.11 bits per heavy atom. The van der Waals surface area contributed by atoms with E-state index in [9.17, 15) is 9.59 Å². The van der Waals surface area contributed by atoms with Gasteiger partial charge < -0.3 is 10.1 Å². The number of carbonyl (C=O) groups excluding carboxylic acids is 2. The predicted molar refractivity (Wildman–Crippen MR) is 75.8 cm³/mol. The Hall–Kier alpha value is -1.84. The van der Waals surface area contributed by atoms with Gasteiger partial charge in [0.1, 0.15) is 12.0 Å². The van der Waals surface area contributed by atoms with Crippen LogP contribution in [0.15, 0.2) is 18.2 Å². The highest BCUT2D eigenvalue weighted by Crippen LogP contribution is 2.26. The molecule has 4 nitrogen and oxygen atoms in total. The molecule has 4 heteroatoms. The molecule has 1 N–H and O–H groups in total. The molecule has 0 fully saturated rings. The fraction of sp³-hybridized carbons (Fsp3) is 0.467. The highest BCUT2D eigenvalue weighted by atomic mass is 16.5. The van der Waals surface area contributed by atoms with E-state index in [2.05, 4.69) is 5.32 Å². The molecule has 0 bridgehead atoms. The Bertz CT molecular complexity index is 429. The van der Waals surface area contributed by atoms with Crippen molar-refractivity contribution in [3.63, 3.8) is 0 Å². The van der Waals surface area contributed by atoms with Crippen LogP contribution in [0.25, 0.3) is 0 Å². The smallest absolute Gasteiger partial charge is 0.224 e. The topological polar surface area (TPSA) is 55.4 Å². The molecule has 1 aromatic carbocycles. The minimum Gasteiger partial charge on any atom is -0.491 e. The van der Waals surface area contributed by atoms with Crippen LogP contribution in [0.4, 0.5) is 5.69 Å². The van der Waals surface area contributed by atoms with Gasteiger partial charge in [-0.2, -0.15) is 0 Å². The molecule has 0 unspecified atom stereocenters. The molecule has 0 aromatic heterocycles. The normalized spacial score (nSPS) is 10.0. The molecule has 0 spiro atoms. The molecule has 0 atom stereocenters. The molecule has 104 valence electrons. The van der Waals surface area contributed by atoms with Crippen molar-refractivity contribution in [1.82, 2.24) is 0 Å². The minimum atomic E-state index is -0.0498. The van der Waals surface area contributed by atoms with Gasteiger partial charge >= 0.3 is 0 Å². The first-order valence-corrected chi connectivity index (χ1v) is 6.73. The Morgan fingerprint density at radius 1 is 1.32 bits per heavy atom. The zero-order chi connectivity index (χ0) is 14.1. The first kappa shape index (κ1) is 15.2. The Morgan fingerprint density at radius 3 is 2.74 bits per heavy atom. The van der Waals surface area contributed by atoms with E-state index < -0.39 is 0 Å². The summed E-state index contributed by atoms with van der Waals surface area (Å²) in [5, 5.41) is 2.81. The summed E-state index contributed by atoms with van der Waals surface area (Å²) in [6, 6.07) is 5.04. The number of anilines is 1.